The lowest BCUT2D eigenvalue weighted by molar-refractivity contribution is -0.119. The second-order valence-corrected chi connectivity index (χ2v) is 4.10. The minimum Gasteiger partial charge on any atom is -0.377 e. The van der Waals surface area contributed by atoms with Crippen LogP contribution < -0.4 is 5.32 Å². The lowest BCUT2D eigenvalue weighted by Crippen LogP contribution is -2.26. The number of carbonyl (C=O) groups excluding carboxylic acids is 2. The molecule has 0 aromatic heterocycles. The van der Waals surface area contributed by atoms with Crippen LogP contribution in [-0.2, 0) is 14.3 Å². The molecular weight excluding hydrogens is 206 g/mol. The lowest BCUT2D eigenvalue weighted by atomic mass is 10.1. The monoisotopic (exact) mass is 229 g/mol. The van der Waals surface area contributed by atoms with Gasteiger partial charge in [-0.2, -0.15) is 0 Å². The van der Waals surface area contributed by atoms with Crippen molar-refractivity contribution in [2.75, 3.05) is 13.2 Å². The predicted molar refractivity (Wildman–Crippen MR) is 65.2 cm³/mol. The molecule has 0 heterocycles. The van der Waals surface area contributed by atoms with Gasteiger partial charge in [-0.25, -0.2) is 0 Å². The summed E-state index contributed by atoms with van der Waals surface area (Å²) in [6.07, 6.45) is 2.73. The summed E-state index contributed by atoms with van der Waals surface area (Å²) in [5.74, 6) is -0.386. The molecule has 0 aliphatic carbocycles. The van der Waals surface area contributed by atoms with Crippen LogP contribution >= 0.6 is 0 Å². The first-order valence-corrected chi connectivity index (χ1v) is 5.54. The zero-order valence-electron chi connectivity index (χ0n) is 10.4. The van der Waals surface area contributed by atoms with Crippen molar-refractivity contribution in [1.82, 2.24) is 5.32 Å². The molecule has 94 valence electrons. The molecule has 0 aromatic rings. The molecule has 1 amide bonds. The van der Waals surface area contributed by atoms with E-state index in [2.05, 4.69) is 5.32 Å². The minimum atomic E-state index is -0.263. The third kappa shape index (κ3) is 8.17. The normalized spacial score (nSPS) is 11.4. The fourth-order valence-corrected chi connectivity index (χ4v) is 0.878. The zero-order valence-corrected chi connectivity index (χ0v) is 10.4. The highest BCUT2D eigenvalue weighted by atomic mass is 16.5. The highest BCUT2D eigenvalue weighted by Gasteiger charge is 2.03. The lowest BCUT2D eigenvalue weighted by Gasteiger charge is -2.07. The summed E-state index contributed by atoms with van der Waals surface area (Å²) < 4.78 is 5.25. The van der Waals surface area contributed by atoms with Crippen molar-refractivity contribution in [2.24, 2.45) is 5.92 Å². The van der Waals surface area contributed by atoms with Gasteiger partial charge in [0.05, 0.1) is 12.7 Å². The number of rotatable bonds is 7. The standard InChI is InChI=1S/C12H21NO3.H2/c1-9(2)11(14)5-6-12(15)13-7-8-16-10(3)4;/h5-6,9-10H,7-8H2,1-4H3,(H,13,15);1H/b6-5-;. The number of amides is 1. The molecule has 0 bridgehead atoms. The summed E-state index contributed by atoms with van der Waals surface area (Å²) in [4.78, 5) is 22.4. The van der Waals surface area contributed by atoms with Crippen LogP contribution in [0, 0.1) is 5.92 Å². The molecule has 0 radical (unpaired) electrons. The van der Waals surface area contributed by atoms with Crippen LogP contribution in [0.5, 0.6) is 0 Å². The molecule has 0 saturated carbocycles. The number of carbonyl (C=O) groups is 2. The summed E-state index contributed by atoms with van der Waals surface area (Å²) in [7, 11) is 0. The number of nitrogens with one attached hydrogen (secondary N) is 1. The largest absolute Gasteiger partial charge is 0.377 e. The summed E-state index contributed by atoms with van der Waals surface area (Å²) in [5.41, 5.74) is 0. The molecule has 0 spiro atoms. The molecule has 0 saturated heterocycles. The Morgan fingerprint density at radius 3 is 2.38 bits per heavy atom. The van der Waals surface area contributed by atoms with E-state index in [1.807, 2.05) is 13.8 Å². The molecule has 0 atom stereocenters. The molecule has 4 nitrogen and oxygen atoms in total. The van der Waals surface area contributed by atoms with E-state index in [1.54, 1.807) is 13.8 Å². The van der Waals surface area contributed by atoms with Gasteiger partial charge >= 0.3 is 0 Å². The molecule has 1 N–H and O–H groups in total. The van der Waals surface area contributed by atoms with Crippen LogP contribution in [0.3, 0.4) is 0 Å². The van der Waals surface area contributed by atoms with E-state index < -0.39 is 0 Å². The molecule has 0 aliphatic heterocycles. The first-order chi connectivity index (χ1) is 7.43. The van der Waals surface area contributed by atoms with Gasteiger partial charge in [0.15, 0.2) is 5.78 Å². The van der Waals surface area contributed by atoms with Crippen molar-refractivity contribution in [3.63, 3.8) is 0 Å². The van der Waals surface area contributed by atoms with Crippen molar-refractivity contribution in [1.29, 1.82) is 0 Å². The fourth-order valence-electron chi connectivity index (χ4n) is 0.878. The van der Waals surface area contributed by atoms with Crippen molar-refractivity contribution in [3.8, 4) is 0 Å². The summed E-state index contributed by atoms with van der Waals surface area (Å²) >= 11 is 0. The number of hydrogen-bond acceptors (Lipinski definition) is 3. The van der Waals surface area contributed by atoms with Crippen molar-refractivity contribution < 1.29 is 15.8 Å². The van der Waals surface area contributed by atoms with Gasteiger partial charge in [-0.3, -0.25) is 9.59 Å². The number of allylic oxidation sites excluding steroid dienone is 1. The number of ketones is 1. The third-order valence-corrected chi connectivity index (χ3v) is 1.82. The Hall–Kier alpha value is -1.16. The van der Waals surface area contributed by atoms with Gasteiger partial charge in [-0.15, -0.1) is 0 Å². The van der Waals surface area contributed by atoms with Gasteiger partial charge in [0.1, 0.15) is 0 Å². The van der Waals surface area contributed by atoms with Crippen LogP contribution in [0.15, 0.2) is 12.2 Å². The van der Waals surface area contributed by atoms with Crippen LogP contribution in [0.4, 0.5) is 0 Å². The number of hydrogen-bond donors (Lipinski definition) is 1. The van der Waals surface area contributed by atoms with Gasteiger partial charge in [-0.1, -0.05) is 13.8 Å². The average Bonchev–Trinajstić information content (AvgIpc) is 2.20. The Morgan fingerprint density at radius 2 is 1.88 bits per heavy atom. The topological polar surface area (TPSA) is 55.4 Å². The smallest absolute Gasteiger partial charge is 0.244 e. The summed E-state index contributed by atoms with van der Waals surface area (Å²) in [5, 5.41) is 2.63. The van der Waals surface area contributed by atoms with E-state index in [9.17, 15) is 9.59 Å². The van der Waals surface area contributed by atoms with E-state index in [4.69, 9.17) is 4.74 Å². The van der Waals surface area contributed by atoms with Gasteiger partial charge in [0.2, 0.25) is 5.91 Å². The maximum absolute atomic E-state index is 11.2. The van der Waals surface area contributed by atoms with Crippen LogP contribution in [0.2, 0.25) is 0 Å². The van der Waals surface area contributed by atoms with Crippen LogP contribution in [0.25, 0.3) is 0 Å². The highest BCUT2D eigenvalue weighted by Crippen LogP contribution is 1.94. The molecule has 0 fully saturated rings. The zero-order chi connectivity index (χ0) is 12.6. The first-order valence-electron chi connectivity index (χ1n) is 5.54. The second kappa shape index (κ2) is 8.05. The maximum atomic E-state index is 11.2. The number of ether oxygens (including phenoxy) is 1. The van der Waals surface area contributed by atoms with Gasteiger partial charge in [0.25, 0.3) is 0 Å². The molecule has 0 rings (SSSR count). The molecule has 4 heteroatoms. The Kier molecular flexibility index (Phi) is 7.46. The second-order valence-electron chi connectivity index (χ2n) is 4.10. The van der Waals surface area contributed by atoms with Gasteiger partial charge < -0.3 is 10.1 Å². The van der Waals surface area contributed by atoms with Crippen molar-refractivity contribution in [2.45, 2.75) is 33.8 Å². The Bertz CT molecular complexity index is 262. The van der Waals surface area contributed by atoms with Gasteiger partial charge in [-0.05, 0) is 19.9 Å². The Morgan fingerprint density at radius 1 is 1.25 bits per heavy atom. The SMILES string of the molecule is CC(C)OCCNC(=O)/C=C\C(=O)C(C)C.[HH]. The minimum absolute atomic E-state index is 0. The average molecular weight is 229 g/mol. The van der Waals surface area contributed by atoms with Crippen molar-refractivity contribution in [3.05, 3.63) is 12.2 Å². The Balaban J connectivity index is 0. The van der Waals surface area contributed by atoms with Gasteiger partial charge in [0, 0.05) is 20.0 Å². The summed E-state index contributed by atoms with van der Waals surface area (Å²) in [6, 6.07) is 0. The van der Waals surface area contributed by atoms with Crippen molar-refractivity contribution >= 4 is 11.7 Å². The molecular formula is C12H23NO3. The van der Waals surface area contributed by atoms with E-state index in [1.165, 1.54) is 12.2 Å². The maximum Gasteiger partial charge on any atom is 0.244 e. The van der Waals surface area contributed by atoms with E-state index in [0.29, 0.717) is 13.2 Å². The van der Waals surface area contributed by atoms with E-state index in [0.717, 1.165) is 0 Å². The molecule has 0 unspecified atom stereocenters. The highest BCUT2D eigenvalue weighted by molar-refractivity contribution is 5.98. The molecule has 0 aromatic carbocycles. The summed E-state index contributed by atoms with van der Waals surface area (Å²) in [6.45, 7) is 8.39. The third-order valence-electron chi connectivity index (χ3n) is 1.82. The molecule has 0 aliphatic rings. The Labute approximate surface area is 98.5 Å². The van der Waals surface area contributed by atoms with E-state index in [-0.39, 0.29) is 25.1 Å². The fraction of sp³-hybridized carbons (Fsp3) is 0.667. The quantitative estimate of drug-likeness (QED) is 0.532. The van der Waals surface area contributed by atoms with Crippen LogP contribution in [0.1, 0.15) is 29.1 Å². The van der Waals surface area contributed by atoms with Crippen LogP contribution in [-0.4, -0.2) is 30.9 Å². The predicted octanol–water partition coefficient (Wildman–Crippen LogP) is 1.55. The first kappa shape index (κ1) is 14.8. The molecule has 16 heavy (non-hydrogen) atoms. The van der Waals surface area contributed by atoms with E-state index >= 15 is 0 Å².